The van der Waals surface area contributed by atoms with Gasteiger partial charge < -0.3 is 5.11 Å². The van der Waals surface area contributed by atoms with Crippen LogP contribution in [0.4, 0.5) is 0 Å². The van der Waals surface area contributed by atoms with E-state index in [0.717, 1.165) is 3.79 Å². The van der Waals surface area contributed by atoms with Crippen LogP contribution in [0.25, 0.3) is 0 Å². The van der Waals surface area contributed by atoms with Gasteiger partial charge in [-0.25, -0.2) is 13.1 Å². The van der Waals surface area contributed by atoms with Crippen LogP contribution in [-0.2, 0) is 10.0 Å². The Morgan fingerprint density at radius 3 is 2.50 bits per heavy atom. The van der Waals surface area contributed by atoms with Crippen molar-refractivity contribution < 1.29 is 13.5 Å². The van der Waals surface area contributed by atoms with Crippen molar-refractivity contribution in [1.29, 1.82) is 0 Å². The second-order valence-electron chi connectivity index (χ2n) is 4.94. The smallest absolute Gasteiger partial charge is 0.242 e. The predicted octanol–water partition coefficient (Wildman–Crippen LogP) is 2.71. The summed E-state index contributed by atoms with van der Waals surface area (Å²) in [7, 11) is -3.55. The first-order chi connectivity index (χ1) is 8.14. The van der Waals surface area contributed by atoms with Crippen LogP contribution in [0, 0.1) is 5.41 Å². The standard InChI is InChI=1S/C10H13Br2NO3S2/c1-10(2)6(4-7(10)14)13-18(15,16)5-3-8(11)17-9(5)12/h3,6-7,13-14H,4H2,1-2H3. The maximum atomic E-state index is 12.2. The van der Waals surface area contributed by atoms with Crippen molar-refractivity contribution in [2.24, 2.45) is 5.41 Å². The Kier molecular flexibility index (Phi) is 4.00. The summed E-state index contributed by atoms with van der Waals surface area (Å²) in [5.41, 5.74) is -0.424. The number of aliphatic hydroxyl groups excluding tert-OH is 1. The van der Waals surface area contributed by atoms with Crippen molar-refractivity contribution in [3.63, 3.8) is 0 Å². The monoisotopic (exact) mass is 417 g/mol. The zero-order valence-electron chi connectivity index (χ0n) is 9.78. The fourth-order valence-electron chi connectivity index (χ4n) is 1.86. The molecule has 2 rings (SSSR count). The summed E-state index contributed by atoms with van der Waals surface area (Å²) in [5.74, 6) is 0. The van der Waals surface area contributed by atoms with E-state index in [2.05, 4.69) is 36.6 Å². The van der Waals surface area contributed by atoms with E-state index >= 15 is 0 Å². The summed E-state index contributed by atoms with van der Waals surface area (Å²) in [6, 6.07) is 1.34. The summed E-state index contributed by atoms with van der Waals surface area (Å²) in [6.07, 6.45) is -0.00217. The molecule has 0 saturated heterocycles. The minimum absolute atomic E-state index is 0.233. The van der Waals surface area contributed by atoms with Crippen LogP contribution < -0.4 is 4.72 Å². The molecule has 1 heterocycles. The first-order valence-corrected chi connectivity index (χ1v) is 9.18. The van der Waals surface area contributed by atoms with Crippen LogP contribution in [0.2, 0.25) is 0 Å². The van der Waals surface area contributed by atoms with E-state index in [9.17, 15) is 13.5 Å². The van der Waals surface area contributed by atoms with Crippen LogP contribution >= 0.6 is 43.2 Å². The molecular formula is C10H13Br2NO3S2. The summed E-state index contributed by atoms with van der Waals surface area (Å²) in [6.45, 7) is 3.71. The molecule has 1 aliphatic carbocycles. The summed E-state index contributed by atoms with van der Waals surface area (Å²) >= 11 is 7.82. The fourth-order valence-corrected chi connectivity index (χ4v) is 7.08. The lowest BCUT2D eigenvalue weighted by Gasteiger charge is -2.49. The van der Waals surface area contributed by atoms with Gasteiger partial charge >= 0.3 is 0 Å². The van der Waals surface area contributed by atoms with Crippen LogP contribution in [0.5, 0.6) is 0 Å². The number of sulfonamides is 1. The van der Waals surface area contributed by atoms with E-state index in [4.69, 9.17) is 0 Å². The van der Waals surface area contributed by atoms with Gasteiger partial charge in [-0.15, -0.1) is 11.3 Å². The van der Waals surface area contributed by atoms with Crippen molar-refractivity contribution in [2.75, 3.05) is 0 Å². The fraction of sp³-hybridized carbons (Fsp3) is 0.600. The number of aliphatic hydroxyl groups is 1. The first kappa shape index (κ1) is 14.9. The summed E-state index contributed by atoms with van der Waals surface area (Å²) in [4.78, 5) is 0.233. The lowest BCUT2D eigenvalue weighted by Crippen LogP contribution is -2.61. The number of hydrogen-bond acceptors (Lipinski definition) is 4. The van der Waals surface area contributed by atoms with E-state index in [1.807, 2.05) is 13.8 Å². The molecule has 0 aliphatic heterocycles. The predicted molar refractivity (Wildman–Crippen MR) is 78.2 cm³/mol. The maximum Gasteiger partial charge on any atom is 0.242 e. The van der Waals surface area contributed by atoms with Crippen LogP contribution in [0.15, 0.2) is 18.5 Å². The number of thiophene rings is 1. The first-order valence-electron chi connectivity index (χ1n) is 5.30. The average molecular weight is 419 g/mol. The zero-order valence-corrected chi connectivity index (χ0v) is 14.6. The molecule has 1 aromatic rings. The molecule has 2 unspecified atom stereocenters. The Hall–Kier alpha value is 0.530. The van der Waals surface area contributed by atoms with E-state index in [1.54, 1.807) is 6.07 Å². The molecule has 1 saturated carbocycles. The molecule has 4 nitrogen and oxygen atoms in total. The van der Waals surface area contributed by atoms with Gasteiger partial charge in [-0.2, -0.15) is 0 Å². The lowest BCUT2D eigenvalue weighted by atomic mass is 9.65. The highest BCUT2D eigenvalue weighted by Crippen LogP contribution is 2.42. The molecule has 2 atom stereocenters. The number of halogens is 2. The molecule has 2 N–H and O–H groups in total. The van der Waals surface area contributed by atoms with Gasteiger partial charge in [0, 0.05) is 11.5 Å². The van der Waals surface area contributed by atoms with Crippen LogP contribution in [-0.4, -0.2) is 25.7 Å². The number of nitrogens with one attached hydrogen (secondary N) is 1. The molecule has 0 amide bonds. The van der Waals surface area contributed by atoms with Gasteiger partial charge in [-0.1, -0.05) is 13.8 Å². The van der Waals surface area contributed by atoms with Crippen LogP contribution in [0.3, 0.4) is 0 Å². The normalized spacial score (nSPS) is 26.9. The van der Waals surface area contributed by atoms with Crippen molar-refractivity contribution >= 4 is 53.2 Å². The highest BCUT2D eigenvalue weighted by molar-refractivity contribution is 9.12. The highest BCUT2D eigenvalue weighted by atomic mass is 79.9. The molecule has 0 radical (unpaired) electrons. The van der Waals surface area contributed by atoms with Crippen molar-refractivity contribution in [3.05, 3.63) is 13.6 Å². The van der Waals surface area contributed by atoms with Gasteiger partial charge in [0.25, 0.3) is 0 Å². The Balaban J connectivity index is 2.22. The molecule has 0 bridgehead atoms. The number of rotatable bonds is 3. The molecular weight excluding hydrogens is 406 g/mol. The van der Waals surface area contributed by atoms with E-state index in [1.165, 1.54) is 11.3 Å². The van der Waals surface area contributed by atoms with E-state index < -0.39 is 21.5 Å². The van der Waals surface area contributed by atoms with Gasteiger partial charge in [-0.05, 0) is 44.3 Å². The minimum Gasteiger partial charge on any atom is -0.392 e. The molecule has 1 fully saturated rings. The third-order valence-electron chi connectivity index (χ3n) is 3.43. The highest BCUT2D eigenvalue weighted by Gasteiger charge is 2.49. The van der Waals surface area contributed by atoms with Gasteiger partial charge in [0.1, 0.15) is 4.90 Å². The van der Waals surface area contributed by atoms with E-state index in [0.29, 0.717) is 10.2 Å². The van der Waals surface area contributed by atoms with Gasteiger partial charge in [0.2, 0.25) is 10.0 Å². The third kappa shape index (κ3) is 2.55. The summed E-state index contributed by atoms with van der Waals surface area (Å²) < 4.78 is 28.4. The Morgan fingerprint density at radius 2 is 2.11 bits per heavy atom. The molecule has 0 aromatic carbocycles. The Labute approximate surface area is 127 Å². The van der Waals surface area contributed by atoms with E-state index in [-0.39, 0.29) is 10.9 Å². The number of hydrogen-bond donors (Lipinski definition) is 2. The van der Waals surface area contributed by atoms with Crippen molar-refractivity contribution in [3.8, 4) is 0 Å². The average Bonchev–Trinajstić information content (AvgIpc) is 2.58. The lowest BCUT2D eigenvalue weighted by molar-refractivity contribution is -0.0645. The topological polar surface area (TPSA) is 66.4 Å². The van der Waals surface area contributed by atoms with Gasteiger partial charge in [0.15, 0.2) is 0 Å². The van der Waals surface area contributed by atoms with Crippen LogP contribution in [0.1, 0.15) is 20.3 Å². The second kappa shape index (κ2) is 4.82. The molecule has 102 valence electrons. The Bertz CT molecular complexity index is 568. The molecule has 8 heteroatoms. The van der Waals surface area contributed by atoms with Crippen molar-refractivity contribution in [1.82, 2.24) is 4.72 Å². The van der Waals surface area contributed by atoms with Gasteiger partial charge in [0.05, 0.1) is 13.7 Å². The largest absolute Gasteiger partial charge is 0.392 e. The quantitative estimate of drug-likeness (QED) is 0.792. The molecule has 0 spiro atoms. The zero-order chi connectivity index (χ0) is 13.7. The minimum atomic E-state index is -3.55. The van der Waals surface area contributed by atoms with Crippen molar-refractivity contribution in [2.45, 2.75) is 37.3 Å². The molecule has 18 heavy (non-hydrogen) atoms. The summed E-state index contributed by atoms with van der Waals surface area (Å²) in [5, 5.41) is 9.62. The SMILES string of the molecule is CC1(C)C(O)CC1NS(=O)(=O)c1cc(Br)sc1Br. The van der Waals surface area contributed by atoms with Gasteiger partial charge in [-0.3, -0.25) is 0 Å². The molecule has 1 aliphatic rings. The third-order valence-corrected chi connectivity index (χ3v) is 7.66. The Morgan fingerprint density at radius 1 is 1.50 bits per heavy atom. The molecule has 1 aromatic heterocycles. The maximum absolute atomic E-state index is 12.2. The second-order valence-corrected chi connectivity index (χ2v) is 10.4.